The third kappa shape index (κ3) is 8.57. The van der Waals surface area contributed by atoms with Crippen molar-refractivity contribution in [3.8, 4) is 5.75 Å². The van der Waals surface area contributed by atoms with Crippen LogP contribution in [0.25, 0.3) is 12.2 Å². The van der Waals surface area contributed by atoms with E-state index in [1.807, 2.05) is 30.3 Å². The molecule has 2 aromatic carbocycles. The first-order valence-electron chi connectivity index (χ1n) is 12.5. The van der Waals surface area contributed by atoms with Crippen LogP contribution in [-0.4, -0.2) is 19.2 Å². The molecular weight excluding hydrogens is 408 g/mol. The van der Waals surface area contributed by atoms with Gasteiger partial charge in [-0.1, -0.05) is 81.7 Å². The van der Waals surface area contributed by atoms with E-state index in [-0.39, 0.29) is 12.6 Å². The minimum Gasteiger partial charge on any atom is -0.490 e. The smallest absolute Gasteiger partial charge is 0.330 e. The lowest BCUT2D eigenvalue weighted by Crippen LogP contribution is -2.13. The van der Waals surface area contributed by atoms with Crippen molar-refractivity contribution in [2.24, 2.45) is 5.92 Å². The lowest BCUT2D eigenvalue weighted by molar-refractivity contribution is -0.138. The van der Waals surface area contributed by atoms with Gasteiger partial charge in [-0.2, -0.15) is 0 Å². The molecule has 3 nitrogen and oxygen atoms in total. The lowest BCUT2D eigenvalue weighted by atomic mass is 9.77. The van der Waals surface area contributed by atoms with Gasteiger partial charge in [0, 0.05) is 6.08 Å². The minimum absolute atomic E-state index is 0.215. The molecule has 0 saturated heterocycles. The van der Waals surface area contributed by atoms with Crippen molar-refractivity contribution in [1.82, 2.24) is 0 Å². The Morgan fingerprint density at radius 2 is 1.64 bits per heavy atom. The predicted molar refractivity (Wildman–Crippen MR) is 137 cm³/mol. The standard InChI is InChI=1S/C30H38O3/c1-3-5-6-7-25-8-15-27(16-9-25)28-17-10-26(11-18-28)14-21-30(31)33-23-22-32-29-19-12-24(4-2)13-20-29/h4,10-14,17-21,25,27H,2-3,5-9,15-16,22-23H2,1H3/b21-14+. The summed E-state index contributed by atoms with van der Waals surface area (Å²) in [6, 6.07) is 16.3. The average molecular weight is 447 g/mol. The molecule has 1 fully saturated rings. The summed E-state index contributed by atoms with van der Waals surface area (Å²) < 4.78 is 10.8. The number of hydrogen-bond acceptors (Lipinski definition) is 3. The van der Waals surface area contributed by atoms with Crippen LogP contribution in [0.15, 0.2) is 61.2 Å². The maximum Gasteiger partial charge on any atom is 0.330 e. The van der Waals surface area contributed by atoms with Gasteiger partial charge >= 0.3 is 5.97 Å². The summed E-state index contributed by atoms with van der Waals surface area (Å²) in [5.74, 6) is 2.01. The Morgan fingerprint density at radius 3 is 2.30 bits per heavy atom. The Morgan fingerprint density at radius 1 is 0.939 bits per heavy atom. The molecule has 0 aliphatic heterocycles. The molecule has 33 heavy (non-hydrogen) atoms. The Kier molecular flexibility index (Phi) is 10.3. The Labute approximate surface area is 199 Å². The van der Waals surface area contributed by atoms with E-state index in [1.54, 1.807) is 6.08 Å². The van der Waals surface area contributed by atoms with Crippen LogP contribution < -0.4 is 4.74 Å². The number of rotatable bonds is 12. The number of unbranched alkanes of at least 4 members (excludes halogenated alkanes) is 2. The molecule has 0 spiro atoms. The fraction of sp³-hybridized carbons (Fsp3) is 0.433. The average Bonchev–Trinajstić information content (AvgIpc) is 2.87. The van der Waals surface area contributed by atoms with Gasteiger partial charge in [0.15, 0.2) is 0 Å². The summed E-state index contributed by atoms with van der Waals surface area (Å²) in [6.45, 7) is 6.54. The molecule has 3 heteroatoms. The van der Waals surface area contributed by atoms with Gasteiger partial charge in [0.2, 0.25) is 0 Å². The molecule has 1 aliphatic rings. The van der Waals surface area contributed by atoms with Gasteiger partial charge in [-0.15, -0.1) is 0 Å². The highest BCUT2D eigenvalue weighted by Crippen LogP contribution is 2.37. The highest BCUT2D eigenvalue weighted by atomic mass is 16.6. The van der Waals surface area contributed by atoms with Crippen molar-refractivity contribution in [2.45, 2.75) is 64.2 Å². The van der Waals surface area contributed by atoms with Crippen LogP contribution in [0.5, 0.6) is 5.75 Å². The largest absolute Gasteiger partial charge is 0.490 e. The van der Waals surface area contributed by atoms with Gasteiger partial charge in [-0.25, -0.2) is 4.79 Å². The third-order valence-electron chi connectivity index (χ3n) is 6.59. The first-order chi connectivity index (χ1) is 16.2. The summed E-state index contributed by atoms with van der Waals surface area (Å²) in [6.07, 6.45) is 15.9. The third-order valence-corrected chi connectivity index (χ3v) is 6.59. The fourth-order valence-corrected chi connectivity index (χ4v) is 4.56. The van der Waals surface area contributed by atoms with Crippen LogP contribution in [0.2, 0.25) is 0 Å². The van der Waals surface area contributed by atoms with E-state index in [9.17, 15) is 4.79 Å². The van der Waals surface area contributed by atoms with Crippen LogP contribution >= 0.6 is 0 Å². The van der Waals surface area contributed by atoms with E-state index in [4.69, 9.17) is 9.47 Å². The molecule has 0 amide bonds. The minimum atomic E-state index is -0.355. The van der Waals surface area contributed by atoms with Crippen molar-refractivity contribution in [3.05, 3.63) is 77.9 Å². The second kappa shape index (κ2) is 13.7. The van der Waals surface area contributed by atoms with E-state index in [0.717, 1.165) is 22.8 Å². The van der Waals surface area contributed by atoms with E-state index in [2.05, 4.69) is 37.8 Å². The Balaban J connectivity index is 1.35. The molecule has 1 aliphatic carbocycles. The number of carbonyl (C=O) groups is 1. The van der Waals surface area contributed by atoms with Crippen molar-refractivity contribution < 1.29 is 14.3 Å². The fourth-order valence-electron chi connectivity index (χ4n) is 4.56. The van der Waals surface area contributed by atoms with Gasteiger partial charge in [0.05, 0.1) is 0 Å². The molecule has 3 rings (SSSR count). The summed E-state index contributed by atoms with van der Waals surface area (Å²) in [5, 5.41) is 0. The zero-order valence-corrected chi connectivity index (χ0v) is 20.0. The SMILES string of the molecule is C=Cc1ccc(OCCOC(=O)/C=C/c2ccc(C3CCC(CCCCC)CC3)cc2)cc1. The van der Waals surface area contributed by atoms with Crippen molar-refractivity contribution in [3.63, 3.8) is 0 Å². The van der Waals surface area contributed by atoms with Crippen molar-refractivity contribution >= 4 is 18.1 Å². The van der Waals surface area contributed by atoms with Gasteiger partial charge in [-0.3, -0.25) is 0 Å². The lowest BCUT2D eigenvalue weighted by Gasteiger charge is -2.29. The van der Waals surface area contributed by atoms with E-state index in [1.165, 1.54) is 63.0 Å². The molecule has 0 radical (unpaired) electrons. The summed E-state index contributed by atoms with van der Waals surface area (Å²) in [5.41, 5.74) is 3.49. The van der Waals surface area contributed by atoms with Gasteiger partial charge in [0.25, 0.3) is 0 Å². The number of carbonyl (C=O) groups excluding carboxylic acids is 1. The summed E-state index contributed by atoms with van der Waals surface area (Å²) in [7, 11) is 0. The highest BCUT2D eigenvalue weighted by molar-refractivity contribution is 5.87. The topological polar surface area (TPSA) is 35.5 Å². The first kappa shape index (κ1) is 24.8. The molecule has 0 N–H and O–H groups in total. The zero-order valence-electron chi connectivity index (χ0n) is 20.0. The van der Waals surface area contributed by atoms with Gasteiger partial charge < -0.3 is 9.47 Å². The quantitative estimate of drug-likeness (QED) is 0.189. The number of benzene rings is 2. The summed E-state index contributed by atoms with van der Waals surface area (Å²) in [4.78, 5) is 12.0. The van der Waals surface area contributed by atoms with E-state index >= 15 is 0 Å². The molecular formula is C30H38O3. The highest BCUT2D eigenvalue weighted by Gasteiger charge is 2.21. The summed E-state index contributed by atoms with van der Waals surface area (Å²) >= 11 is 0. The molecule has 2 aromatic rings. The number of hydrogen-bond donors (Lipinski definition) is 0. The molecule has 0 heterocycles. The maximum absolute atomic E-state index is 12.0. The maximum atomic E-state index is 12.0. The van der Waals surface area contributed by atoms with Crippen LogP contribution in [0.4, 0.5) is 0 Å². The van der Waals surface area contributed by atoms with Crippen LogP contribution in [0.1, 0.15) is 80.9 Å². The Hall–Kier alpha value is -2.81. The van der Waals surface area contributed by atoms with Crippen LogP contribution in [-0.2, 0) is 9.53 Å². The second-order valence-electron chi connectivity index (χ2n) is 9.00. The molecule has 0 aromatic heterocycles. The monoisotopic (exact) mass is 446 g/mol. The second-order valence-corrected chi connectivity index (χ2v) is 9.00. The van der Waals surface area contributed by atoms with Crippen LogP contribution in [0, 0.1) is 5.92 Å². The predicted octanol–water partition coefficient (Wildman–Crippen LogP) is 7.82. The van der Waals surface area contributed by atoms with Crippen molar-refractivity contribution in [2.75, 3.05) is 13.2 Å². The number of ether oxygens (including phenoxy) is 2. The molecule has 0 atom stereocenters. The number of esters is 1. The van der Waals surface area contributed by atoms with E-state index < -0.39 is 0 Å². The Bertz CT molecular complexity index is 872. The van der Waals surface area contributed by atoms with Crippen molar-refractivity contribution in [1.29, 1.82) is 0 Å². The normalized spacial score (nSPS) is 18.2. The molecule has 1 saturated carbocycles. The molecule has 0 unspecified atom stereocenters. The first-order valence-corrected chi connectivity index (χ1v) is 12.5. The molecule has 0 bridgehead atoms. The van der Waals surface area contributed by atoms with Crippen LogP contribution in [0.3, 0.4) is 0 Å². The molecule has 176 valence electrons. The van der Waals surface area contributed by atoms with Gasteiger partial charge in [0.1, 0.15) is 19.0 Å². The van der Waals surface area contributed by atoms with Gasteiger partial charge in [-0.05, 0) is 72.4 Å². The van der Waals surface area contributed by atoms with E-state index in [0.29, 0.717) is 12.5 Å². The zero-order chi connectivity index (χ0) is 23.3.